The zero-order chi connectivity index (χ0) is 28.1. The average Bonchev–Trinajstić information content (AvgIpc) is 2.85. The molecule has 0 aliphatic carbocycles. The molecule has 0 heterocycles. The van der Waals surface area contributed by atoms with Crippen molar-refractivity contribution >= 4 is 11.9 Å². The Balaban J connectivity index is -0.000000135. The second kappa shape index (κ2) is 47.7. The summed E-state index contributed by atoms with van der Waals surface area (Å²) < 4.78 is 15.2. The predicted molar refractivity (Wildman–Crippen MR) is 135 cm³/mol. The smallest absolute Gasteiger partial charge is 0.481 e. The second-order valence-corrected chi connectivity index (χ2v) is 6.71. The van der Waals surface area contributed by atoms with Gasteiger partial charge < -0.3 is 35.5 Å². The van der Waals surface area contributed by atoms with Gasteiger partial charge in [0.1, 0.15) is 0 Å². The molecule has 37 heavy (non-hydrogen) atoms. The summed E-state index contributed by atoms with van der Waals surface area (Å²) in [5.74, 6) is 3.68. The molecule has 14 nitrogen and oxygen atoms in total. The number of rotatable bonds is 19. The van der Waals surface area contributed by atoms with E-state index >= 15 is 0 Å². The third kappa shape index (κ3) is 66.0. The molecule has 0 aromatic heterocycles. The number of carbonyl (C=O) groups is 2. The van der Waals surface area contributed by atoms with Crippen LogP contribution in [0.15, 0.2) is 20.9 Å². The molecule has 15 heteroatoms. The molecule has 0 saturated heterocycles. The molecule has 0 aromatic rings. The van der Waals surface area contributed by atoms with E-state index in [1.54, 1.807) is 6.92 Å². The van der Waals surface area contributed by atoms with E-state index in [-0.39, 0.29) is 42.1 Å². The summed E-state index contributed by atoms with van der Waals surface area (Å²) in [4.78, 5) is 21.0. The molecular weight excluding hydrogens is 499 g/mol. The molecule has 0 rings (SSSR count). The van der Waals surface area contributed by atoms with Crippen molar-refractivity contribution in [3.05, 3.63) is 5.59 Å². The Morgan fingerprint density at radius 2 is 1.24 bits per heavy atom. The number of nitrogens with zero attached hydrogens (tertiary/aromatic N) is 5. The van der Waals surface area contributed by atoms with Crippen LogP contribution >= 0.6 is 0 Å². The number of nitrogens with two attached hydrogens (primary N) is 1. The summed E-state index contributed by atoms with van der Waals surface area (Å²) >= 11 is 0. The first-order chi connectivity index (χ1) is 17.4. The minimum absolute atomic E-state index is 0. The number of aliphatic hydroxyl groups excluding tert-OH is 1. The van der Waals surface area contributed by atoms with Crippen molar-refractivity contribution < 1.29 is 68.8 Å². The van der Waals surface area contributed by atoms with Crippen LogP contribution in [0.5, 0.6) is 0 Å². The molecule has 216 valence electrons. The monoisotopic (exact) mass is 548 g/mol. The molecule has 5 N–H and O–H groups in total. The van der Waals surface area contributed by atoms with Crippen LogP contribution in [0.1, 0.15) is 91.9 Å². The first-order valence-electron chi connectivity index (χ1n) is 12.4. The molecule has 0 atom stereocenters. The Bertz CT molecular complexity index is 492. The topological polar surface area (TPSA) is 212 Å². The molecule has 0 radical (unpaired) electrons. The third-order valence-electron chi connectivity index (χ3n) is 3.73. The molecule has 0 aliphatic rings. The van der Waals surface area contributed by atoms with Gasteiger partial charge in [-0.05, 0) is 53.4 Å². The van der Waals surface area contributed by atoms with Crippen LogP contribution < -0.4 is 35.4 Å². The molecule has 0 spiro atoms. The number of carboxylic acids is 1. The minimum Gasteiger partial charge on any atom is -0.481 e. The van der Waals surface area contributed by atoms with Crippen LogP contribution in [0, 0.1) is 0 Å². The van der Waals surface area contributed by atoms with Crippen LogP contribution in [0.3, 0.4) is 0 Å². The van der Waals surface area contributed by atoms with E-state index in [2.05, 4.69) is 32.3 Å². The predicted octanol–water partition coefficient (Wildman–Crippen LogP) is 1.95. The van der Waals surface area contributed by atoms with E-state index in [4.69, 9.17) is 29.6 Å². The summed E-state index contributed by atoms with van der Waals surface area (Å²) in [5.41, 5.74) is 2.22. The van der Waals surface area contributed by atoms with Crippen LogP contribution in [0.25, 0.3) is 5.59 Å². The fourth-order valence-electron chi connectivity index (χ4n) is 2.24. The molecule has 0 aromatic carbocycles. The van der Waals surface area contributed by atoms with E-state index in [0.29, 0.717) is 19.4 Å². The Morgan fingerprint density at radius 3 is 1.62 bits per heavy atom. The summed E-state index contributed by atoms with van der Waals surface area (Å²) in [7, 11) is 0. The largest absolute Gasteiger partial charge is 1.00 e. The van der Waals surface area contributed by atoms with Gasteiger partial charge in [0.15, 0.2) is 0 Å². The molecular formula is C22H49N6NaO8. The Kier molecular flexibility index (Phi) is 58.7. The Morgan fingerprint density at radius 1 is 0.784 bits per heavy atom. The Labute approximate surface area is 244 Å². The van der Waals surface area contributed by atoms with E-state index in [1.165, 1.54) is 0 Å². The van der Waals surface area contributed by atoms with Crippen molar-refractivity contribution in [3.8, 4) is 0 Å². The van der Waals surface area contributed by atoms with Crippen molar-refractivity contribution in [1.29, 1.82) is 0 Å². The number of hydrogen-bond acceptors (Lipinski definition) is 9. The number of aliphatic carboxylic acids is 1. The van der Waals surface area contributed by atoms with E-state index in [1.807, 2.05) is 20.8 Å². The maximum Gasteiger partial charge on any atom is 1.00 e. The number of esters is 1. The number of aliphatic hydroxyl groups is 1. The van der Waals surface area contributed by atoms with Gasteiger partial charge in [-0.25, -0.2) is 10.4 Å². The maximum absolute atomic E-state index is 10.9. The normalized spacial score (nSPS) is 9.68. The molecule has 0 unspecified atom stereocenters. The zero-order valence-electron chi connectivity index (χ0n) is 23.5. The van der Waals surface area contributed by atoms with Crippen LogP contribution in [0.4, 0.5) is 0 Å². The van der Waals surface area contributed by atoms with E-state index in [9.17, 15) is 9.59 Å². The zero-order valence-corrected chi connectivity index (χ0v) is 25.5. The fraction of sp³-hybridized carbons (Fsp3) is 0.909. The van der Waals surface area contributed by atoms with Crippen LogP contribution in [0.2, 0.25) is 0 Å². The van der Waals surface area contributed by atoms with Gasteiger partial charge in [-0.15, -0.1) is 5.22 Å². The third-order valence-corrected chi connectivity index (χ3v) is 3.73. The summed E-state index contributed by atoms with van der Waals surface area (Å²) in [6, 6.07) is 0. The average molecular weight is 549 g/mol. The van der Waals surface area contributed by atoms with Crippen molar-refractivity contribution in [2.45, 2.75) is 91.9 Å². The summed E-state index contributed by atoms with van der Waals surface area (Å²) in [6.07, 6.45) is 9.03. The van der Waals surface area contributed by atoms with Crippen LogP contribution in [-0.2, 0) is 23.8 Å². The SMILES string of the molecule is CCO.CCOCCCCCCC(=O)O.CCOCCCCCCC(=O)OCC.N/N=N/N=N/[N-]O.[Na+]. The van der Waals surface area contributed by atoms with Gasteiger partial charge in [-0.2, -0.15) is 0 Å². The maximum atomic E-state index is 10.9. The first kappa shape index (κ1) is 45.5. The van der Waals surface area contributed by atoms with Gasteiger partial charge in [-0.3, -0.25) is 15.2 Å². The van der Waals surface area contributed by atoms with Gasteiger partial charge in [0, 0.05) is 45.9 Å². The quantitative estimate of drug-likeness (QED) is 0.0463. The minimum atomic E-state index is -0.695. The first-order valence-corrected chi connectivity index (χ1v) is 12.4. The van der Waals surface area contributed by atoms with Gasteiger partial charge in [0.2, 0.25) is 0 Å². The van der Waals surface area contributed by atoms with Crippen molar-refractivity contribution in [2.75, 3.05) is 39.6 Å². The van der Waals surface area contributed by atoms with Crippen molar-refractivity contribution in [2.24, 2.45) is 26.7 Å². The second-order valence-electron chi connectivity index (χ2n) is 6.71. The van der Waals surface area contributed by atoms with Crippen molar-refractivity contribution in [1.82, 2.24) is 0 Å². The summed E-state index contributed by atoms with van der Waals surface area (Å²) in [5, 5.41) is 34.2. The molecule has 0 aliphatic heterocycles. The van der Waals surface area contributed by atoms with Gasteiger partial charge >= 0.3 is 41.5 Å². The van der Waals surface area contributed by atoms with E-state index in [0.717, 1.165) is 77.8 Å². The number of carboxylic acid groups (broad SMARTS) is 1. The van der Waals surface area contributed by atoms with E-state index < -0.39 is 5.97 Å². The number of ether oxygens (including phenoxy) is 3. The van der Waals surface area contributed by atoms with Crippen molar-refractivity contribution in [3.63, 3.8) is 0 Å². The number of hydrogen-bond donors (Lipinski definition) is 4. The van der Waals surface area contributed by atoms with Gasteiger partial charge in [0.05, 0.1) is 6.61 Å². The molecule has 0 saturated carbocycles. The fourth-order valence-corrected chi connectivity index (χ4v) is 2.24. The Hall–Kier alpha value is -1.42. The van der Waals surface area contributed by atoms with Crippen LogP contribution in [-0.4, -0.2) is 67.0 Å². The number of unbranched alkanes of at least 4 members (excludes halogenated alkanes) is 6. The van der Waals surface area contributed by atoms with Gasteiger partial charge in [0.25, 0.3) is 0 Å². The molecule has 0 bridgehead atoms. The standard InChI is InChI=1S/C11H22O3.C9H18O3.C2H6O.H3N6O.Na/c1-3-13-10-8-6-5-7-9-11(12)14-4-2;1-2-12-8-6-4-3-5-7-9(10)11;1-2-3;1-2-3-4-5-6-7;/h3-10H2,1-2H3;2-8H2,1H3,(H,10,11);3H,2H2,1H3;(H3-,1,2,3,4,5,6,7);/q;;;-1;+1. The summed E-state index contributed by atoms with van der Waals surface area (Å²) in [6.45, 7) is 11.5. The number of carbonyl (C=O) groups excluding carboxylic acids is 1. The van der Waals surface area contributed by atoms with Gasteiger partial charge in [-0.1, -0.05) is 30.9 Å². The molecule has 0 amide bonds. The molecule has 0 fully saturated rings.